The third kappa shape index (κ3) is 2.51. The highest BCUT2D eigenvalue weighted by Crippen LogP contribution is 2.03. The average molecular weight is 149 g/mol. The van der Waals surface area contributed by atoms with Crippen molar-refractivity contribution < 1.29 is 5.11 Å². The average Bonchev–Trinajstić information content (AvgIpc) is 2.06. The molecule has 0 radical (unpaired) electrons. The molecular weight excluding hydrogens is 138 g/mol. The van der Waals surface area contributed by atoms with Crippen LogP contribution in [0.25, 0.3) is 6.08 Å². The van der Waals surface area contributed by atoms with Crippen molar-refractivity contribution in [2.24, 2.45) is 0 Å². The van der Waals surface area contributed by atoms with E-state index in [4.69, 9.17) is 5.11 Å². The number of hydrogen-bond acceptors (Lipinski definition) is 2. The van der Waals surface area contributed by atoms with Crippen molar-refractivity contribution >= 4 is 6.08 Å². The lowest BCUT2D eigenvalue weighted by molar-refractivity contribution is 0.332. The first-order valence-electron chi connectivity index (χ1n) is 3.51. The van der Waals surface area contributed by atoms with Gasteiger partial charge in [0.2, 0.25) is 0 Å². The molecule has 0 aliphatic heterocycles. The summed E-state index contributed by atoms with van der Waals surface area (Å²) in [5, 5.41) is 8.71. The van der Waals surface area contributed by atoms with Crippen molar-refractivity contribution in [1.29, 1.82) is 0 Å². The van der Waals surface area contributed by atoms with Crippen molar-refractivity contribution in [3.8, 4) is 0 Å². The summed E-state index contributed by atoms with van der Waals surface area (Å²) >= 11 is 0. The van der Waals surface area contributed by atoms with Crippen molar-refractivity contribution in [2.75, 3.05) is 6.61 Å². The Labute approximate surface area is 66.2 Å². The van der Waals surface area contributed by atoms with Gasteiger partial charge in [-0.2, -0.15) is 0 Å². The maximum absolute atomic E-state index is 8.71. The Hall–Kier alpha value is -1.15. The van der Waals surface area contributed by atoms with Crippen LogP contribution in [-0.4, -0.2) is 16.7 Å². The Kier molecular flexibility index (Phi) is 2.81. The first-order valence-corrected chi connectivity index (χ1v) is 3.51. The second-order valence-corrected chi connectivity index (χ2v) is 2.43. The number of pyridine rings is 1. The maximum atomic E-state index is 8.71. The smallest absolute Gasteiger partial charge is 0.0642 e. The molecule has 1 aromatic heterocycles. The Morgan fingerprint density at radius 1 is 1.55 bits per heavy atom. The van der Waals surface area contributed by atoms with E-state index >= 15 is 0 Å². The van der Waals surface area contributed by atoms with Crippen LogP contribution in [0.4, 0.5) is 0 Å². The highest BCUT2D eigenvalue weighted by Gasteiger charge is 1.86. The molecule has 0 amide bonds. The largest absolute Gasteiger partial charge is 0.392 e. The van der Waals surface area contributed by atoms with E-state index in [1.807, 2.05) is 25.1 Å². The number of rotatable bonds is 2. The molecule has 1 heterocycles. The number of nitrogens with zero attached hydrogens (tertiary/aromatic N) is 1. The molecule has 0 unspecified atom stereocenters. The monoisotopic (exact) mass is 149 g/mol. The van der Waals surface area contributed by atoms with Gasteiger partial charge in [0.15, 0.2) is 0 Å². The summed E-state index contributed by atoms with van der Waals surface area (Å²) in [7, 11) is 0. The zero-order valence-electron chi connectivity index (χ0n) is 6.49. The minimum atomic E-state index is 0.113. The zero-order chi connectivity index (χ0) is 8.10. The fourth-order valence-electron chi connectivity index (χ4n) is 0.790. The van der Waals surface area contributed by atoms with Crippen molar-refractivity contribution in [3.05, 3.63) is 35.7 Å². The minimum absolute atomic E-state index is 0.113. The standard InChI is InChI=1S/C9H11NO/c1-8(7-11)6-9-2-4-10-5-3-9/h2-6,11H,7H2,1H3. The van der Waals surface area contributed by atoms with Crippen LogP contribution in [0.5, 0.6) is 0 Å². The molecule has 0 aliphatic rings. The van der Waals surface area contributed by atoms with Crippen LogP contribution < -0.4 is 0 Å². The van der Waals surface area contributed by atoms with Gasteiger partial charge in [0.05, 0.1) is 6.61 Å². The van der Waals surface area contributed by atoms with Crippen LogP contribution in [0, 0.1) is 0 Å². The molecule has 0 saturated carbocycles. The van der Waals surface area contributed by atoms with Gasteiger partial charge in [0.1, 0.15) is 0 Å². The molecule has 1 N–H and O–H groups in total. The third-order valence-electron chi connectivity index (χ3n) is 1.37. The molecule has 0 bridgehead atoms. The topological polar surface area (TPSA) is 33.1 Å². The van der Waals surface area contributed by atoms with Gasteiger partial charge in [0, 0.05) is 12.4 Å². The van der Waals surface area contributed by atoms with Crippen LogP contribution in [0.1, 0.15) is 12.5 Å². The van der Waals surface area contributed by atoms with E-state index in [1.165, 1.54) is 0 Å². The number of aromatic nitrogens is 1. The van der Waals surface area contributed by atoms with E-state index in [-0.39, 0.29) is 6.61 Å². The molecule has 0 atom stereocenters. The Morgan fingerprint density at radius 3 is 2.73 bits per heavy atom. The highest BCUT2D eigenvalue weighted by molar-refractivity contribution is 5.51. The van der Waals surface area contributed by atoms with Crippen LogP contribution >= 0.6 is 0 Å². The van der Waals surface area contributed by atoms with Crippen LogP contribution in [-0.2, 0) is 0 Å². The molecule has 58 valence electrons. The lowest BCUT2D eigenvalue weighted by atomic mass is 10.2. The molecule has 1 aromatic rings. The van der Waals surface area contributed by atoms with E-state index in [2.05, 4.69) is 4.98 Å². The number of aliphatic hydroxyl groups excluding tert-OH is 1. The summed E-state index contributed by atoms with van der Waals surface area (Å²) in [6.07, 6.45) is 5.40. The lowest BCUT2D eigenvalue weighted by Gasteiger charge is -1.94. The van der Waals surface area contributed by atoms with Crippen LogP contribution in [0.3, 0.4) is 0 Å². The first-order chi connectivity index (χ1) is 5.33. The van der Waals surface area contributed by atoms with Gasteiger partial charge in [-0.1, -0.05) is 6.08 Å². The Morgan fingerprint density at radius 2 is 2.18 bits per heavy atom. The normalized spacial score (nSPS) is 11.6. The molecule has 0 saturated heterocycles. The minimum Gasteiger partial charge on any atom is -0.392 e. The molecule has 1 rings (SSSR count). The van der Waals surface area contributed by atoms with Gasteiger partial charge in [-0.25, -0.2) is 0 Å². The summed E-state index contributed by atoms with van der Waals surface area (Å²) in [4.78, 5) is 3.89. The fourth-order valence-corrected chi connectivity index (χ4v) is 0.790. The van der Waals surface area contributed by atoms with Gasteiger partial charge in [-0.05, 0) is 30.2 Å². The Bertz CT molecular complexity index is 241. The molecule has 11 heavy (non-hydrogen) atoms. The molecule has 2 nitrogen and oxygen atoms in total. The summed E-state index contributed by atoms with van der Waals surface area (Å²) in [6.45, 7) is 2.00. The molecule has 0 aliphatic carbocycles. The van der Waals surface area contributed by atoms with Gasteiger partial charge in [-0.3, -0.25) is 4.98 Å². The highest BCUT2D eigenvalue weighted by atomic mass is 16.3. The summed E-state index contributed by atoms with van der Waals surface area (Å²) < 4.78 is 0. The van der Waals surface area contributed by atoms with Gasteiger partial charge < -0.3 is 5.11 Å². The second kappa shape index (κ2) is 3.88. The summed E-state index contributed by atoms with van der Waals surface area (Å²) in [5.41, 5.74) is 2.03. The zero-order valence-corrected chi connectivity index (χ0v) is 6.49. The van der Waals surface area contributed by atoms with E-state index in [0.29, 0.717) is 0 Å². The van der Waals surface area contributed by atoms with Gasteiger partial charge >= 0.3 is 0 Å². The van der Waals surface area contributed by atoms with E-state index in [1.54, 1.807) is 12.4 Å². The van der Waals surface area contributed by atoms with Gasteiger partial charge in [-0.15, -0.1) is 0 Å². The van der Waals surface area contributed by atoms with Crippen molar-refractivity contribution in [2.45, 2.75) is 6.92 Å². The molecule has 0 aromatic carbocycles. The SMILES string of the molecule is CC(=Cc1ccncc1)CO. The lowest BCUT2D eigenvalue weighted by Crippen LogP contribution is -1.83. The molecule has 0 spiro atoms. The fraction of sp³-hybridized carbons (Fsp3) is 0.222. The van der Waals surface area contributed by atoms with Crippen LogP contribution in [0.2, 0.25) is 0 Å². The molecular formula is C9H11NO. The molecule has 0 fully saturated rings. The maximum Gasteiger partial charge on any atom is 0.0642 e. The van der Waals surface area contributed by atoms with Crippen LogP contribution in [0.15, 0.2) is 30.1 Å². The van der Waals surface area contributed by atoms with E-state index in [0.717, 1.165) is 11.1 Å². The number of hydrogen-bond donors (Lipinski definition) is 1. The summed E-state index contributed by atoms with van der Waals surface area (Å²) in [6, 6.07) is 3.80. The van der Waals surface area contributed by atoms with Crippen molar-refractivity contribution in [3.63, 3.8) is 0 Å². The predicted molar refractivity (Wildman–Crippen MR) is 45.0 cm³/mol. The first kappa shape index (κ1) is 7.95. The second-order valence-electron chi connectivity index (χ2n) is 2.43. The molecule has 2 heteroatoms. The third-order valence-corrected chi connectivity index (χ3v) is 1.37. The quantitative estimate of drug-likeness (QED) is 0.690. The Balaban J connectivity index is 2.79. The number of aliphatic hydroxyl groups is 1. The van der Waals surface area contributed by atoms with E-state index in [9.17, 15) is 0 Å². The van der Waals surface area contributed by atoms with Gasteiger partial charge in [0.25, 0.3) is 0 Å². The van der Waals surface area contributed by atoms with E-state index < -0.39 is 0 Å². The predicted octanol–water partition coefficient (Wildman–Crippen LogP) is 1.48. The van der Waals surface area contributed by atoms with Crippen molar-refractivity contribution in [1.82, 2.24) is 4.98 Å². The summed E-state index contributed by atoms with van der Waals surface area (Å²) in [5.74, 6) is 0.